The molecular weight excluding hydrogens is 334 g/mol. The highest BCUT2D eigenvalue weighted by molar-refractivity contribution is 5.86. The van der Waals surface area contributed by atoms with E-state index in [4.69, 9.17) is 0 Å². The van der Waals surface area contributed by atoms with Gasteiger partial charge in [-0.25, -0.2) is 4.68 Å². The molecule has 1 heterocycles. The number of hydrogen-bond acceptors (Lipinski definition) is 3. The number of hydrogen-bond donors (Lipinski definition) is 1. The first-order chi connectivity index (χ1) is 13.2. The molecule has 0 aliphatic carbocycles. The number of benzene rings is 3. The third kappa shape index (κ3) is 3.81. The lowest BCUT2D eigenvalue weighted by Crippen LogP contribution is -2.06. The lowest BCUT2D eigenvalue weighted by atomic mass is 9.96. The Morgan fingerprint density at radius 2 is 1.70 bits per heavy atom. The van der Waals surface area contributed by atoms with Gasteiger partial charge in [0, 0.05) is 12.0 Å². The second-order valence-corrected chi connectivity index (χ2v) is 6.71. The number of aliphatic hydroxyl groups excluding tert-OH is 1. The number of aliphatic hydroxyl groups is 1. The lowest BCUT2D eigenvalue weighted by molar-refractivity contribution is 0.178. The van der Waals surface area contributed by atoms with Crippen molar-refractivity contribution in [2.45, 2.75) is 19.1 Å². The van der Waals surface area contributed by atoms with Crippen molar-refractivity contribution in [3.05, 3.63) is 96.7 Å². The third-order valence-electron chi connectivity index (χ3n) is 4.66. The van der Waals surface area contributed by atoms with Crippen LogP contribution in [0.1, 0.15) is 18.1 Å². The van der Waals surface area contributed by atoms with E-state index >= 15 is 0 Å². The smallest absolute Gasteiger partial charge is 0.113 e. The van der Waals surface area contributed by atoms with E-state index in [0.717, 1.165) is 33.2 Å². The third-order valence-corrected chi connectivity index (χ3v) is 4.66. The van der Waals surface area contributed by atoms with Crippen LogP contribution in [0.3, 0.4) is 0 Å². The molecule has 0 fully saturated rings. The summed E-state index contributed by atoms with van der Waals surface area (Å²) in [5.41, 5.74) is 3.70. The van der Waals surface area contributed by atoms with Crippen LogP contribution in [-0.4, -0.2) is 20.1 Å². The van der Waals surface area contributed by atoms with E-state index in [2.05, 4.69) is 29.0 Å². The fraction of sp³-hybridized carbons (Fsp3) is 0.130. The van der Waals surface area contributed by atoms with Crippen LogP contribution in [0.2, 0.25) is 0 Å². The minimum atomic E-state index is -0.597. The average molecular weight is 355 g/mol. The number of aromatic nitrogens is 3. The van der Waals surface area contributed by atoms with E-state index in [1.54, 1.807) is 4.68 Å². The Balaban J connectivity index is 1.46. The Morgan fingerprint density at radius 1 is 0.963 bits per heavy atom. The number of rotatable bonds is 6. The molecule has 4 aromatic rings. The highest BCUT2D eigenvalue weighted by Crippen LogP contribution is 2.28. The minimum Gasteiger partial charge on any atom is -0.388 e. The van der Waals surface area contributed by atoms with Crippen LogP contribution in [0.4, 0.5) is 0 Å². The Hall–Kier alpha value is -3.24. The highest BCUT2D eigenvalue weighted by Gasteiger charge is 2.13. The Morgan fingerprint density at radius 3 is 2.56 bits per heavy atom. The van der Waals surface area contributed by atoms with Crippen LogP contribution in [0.5, 0.6) is 0 Å². The van der Waals surface area contributed by atoms with Gasteiger partial charge < -0.3 is 5.11 Å². The molecule has 0 aliphatic rings. The van der Waals surface area contributed by atoms with Crippen molar-refractivity contribution in [3.63, 3.8) is 0 Å². The second-order valence-electron chi connectivity index (χ2n) is 6.71. The normalized spacial score (nSPS) is 12.2. The molecule has 1 N–H and O–H groups in total. The summed E-state index contributed by atoms with van der Waals surface area (Å²) in [6.45, 7) is 4.66. The van der Waals surface area contributed by atoms with Crippen LogP contribution in [0.25, 0.3) is 22.0 Å². The fourth-order valence-electron chi connectivity index (χ4n) is 3.33. The molecular formula is C23H21N3O. The first-order valence-corrected chi connectivity index (χ1v) is 8.98. The van der Waals surface area contributed by atoms with Gasteiger partial charge >= 0.3 is 0 Å². The average Bonchev–Trinajstić information content (AvgIpc) is 3.16. The van der Waals surface area contributed by atoms with Gasteiger partial charge in [0.25, 0.3) is 0 Å². The van der Waals surface area contributed by atoms with Crippen molar-refractivity contribution >= 4 is 10.8 Å². The number of fused-ring (bicyclic) bond motifs is 1. The Bertz CT molecular complexity index is 1060. The van der Waals surface area contributed by atoms with Crippen molar-refractivity contribution in [2.24, 2.45) is 0 Å². The van der Waals surface area contributed by atoms with Crippen LogP contribution in [0, 0.1) is 0 Å². The van der Waals surface area contributed by atoms with Gasteiger partial charge in [-0.3, -0.25) is 0 Å². The summed E-state index contributed by atoms with van der Waals surface area (Å²) in [6.07, 6.45) is 1.79. The maximum Gasteiger partial charge on any atom is 0.113 e. The first-order valence-electron chi connectivity index (χ1n) is 8.98. The van der Waals surface area contributed by atoms with Gasteiger partial charge in [0.1, 0.15) is 5.69 Å². The summed E-state index contributed by atoms with van der Waals surface area (Å²) in [4.78, 5) is 0. The van der Waals surface area contributed by atoms with Crippen LogP contribution in [0.15, 0.2) is 91.1 Å². The molecule has 1 unspecified atom stereocenters. The van der Waals surface area contributed by atoms with E-state index in [-0.39, 0.29) is 0 Å². The first kappa shape index (κ1) is 17.2. The largest absolute Gasteiger partial charge is 0.388 e. The molecule has 0 radical (unpaired) electrons. The molecule has 0 bridgehead atoms. The van der Waals surface area contributed by atoms with Gasteiger partial charge in [-0.15, -0.1) is 5.10 Å². The molecule has 27 heavy (non-hydrogen) atoms. The molecule has 1 aromatic heterocycles. The number of nitrogens with zero attached hydrogens (tertiary/aromatic N) is 3. The van der Waals surface area contributed by atoms with Crippen LogP contribution in [-0.2, 0) is 6.54 Å². The van der Waals surface area contributed by atoms with Crippen LogP contribution < -0.4 is 0 Å². The molecule has 4 heteroatoms. The van der Waals surface area contributed by atoms with E-state index in [9.17, 15) is 5.11 Å². The zero-order valence-corrected chi connectivity index (χ0v) is 15.0. The Labute approximate surface area is 158 Å². The summed E-state index contributed by atoms with van der Waals surface area (Å²) in [6, 6.07) is 24.1. The highest BCUT2D eigenvalue weighted by atomic mass is 16.3. The van der Waals surface area contributed by atoms with Gasteiger partial charge in [-0.2, -0.15) is 0 Å². The maximum atomic E-state index is 10.7. The lowest BCUT2D eigenvalue weighted by Gasteiger charge is -2.15. The molecule has 1 atom stereocenters. The van der Waals surface area contributed by atoms with Gasteiger partial charge in [0.2, 0.25) is 0 Å². The van der Waals surface area contributed by atoms with Gasteiger partial charge in [-0.1, -0.05) is 90.2 Å². The standard InChI is InChI=1S/C23H21N3O/c1-17(15-26-16-22(24-25-26)19-9-3-2-4-10-19)14-23(27)21-13-7-11-18-8-5-6-12-20(18)21/h2-13,16,23,27H,1,14-15H2. The fourth-order valence-corrected chi connectivity index (χ4v) is 3.33. The summed E-state index contributed by atoms with van der Waals surface area (Å²) in [7, 11) is 0. The van der Waals surface area contributed by atoms with Gasteiger partial charge in [0.05, 0.1) is 18.8 Å². The van der Waals surface area contributed by atoms with Crippen molar-refractivity contribution < 1.29 is 5.11 Å². The van der Waals surface area contributed by atoms with Crippen molar-refractivity contribution in [1.82, 2.24) is 15.0 Å². The predicted molar refractivity (Wildman–Crippen MR) is 108 cm³/mol. The summed E-state index contributed by atoms with van der Waals surface area (Å²) < 4.78 is 1.76. The van der Waals surface area contributed by atoms with Crippen LogP contribution >= 0.6 is 0 Å². The minimum absolute atomic E-state index is 0.481. The van der Waals surface area contributed by atoms with E-state index < -0.39 is 6.10 Å². The summed E-state index contributed by atoms with van der Waals surface area (Å²) in [5.74, 6) is 0. The molecule has 0 aliphatic heterocycles. The van der Waals surface area contributed by atoms with Crippen molar-refractivity contribution in [3.8, 4) is 11.3 Å². The zero-order valence-electron chi connectivity index (χ0n) is 15.0. The molecule has 0 saturated heterocycles. The Kier molecular flexibility index (Phi) is 4.81. The topological polar surface area (TPSA) is 50.9 Å². The van der Waals surface area contributed by atoms with Crippen molar-refractivity contribution in [2.75, 3.05) is 0 Å². The van der Waals surface area contributed by atoms with Gasteiger partial charge in [-0.05, 0) is 16.3 Å². The quantitative estimate of drug-likeness (QED) is 0.507. The summed E-state index contributed by atoms with van der Waals surface area (Å²) in [5, 5.41) is 21.4. The molecule has 0 amide bonds. The molecule has 4 rings (SSSR count). The SMILES string of the molecule is C=C(CC(O)c1cccc2ccccc12)Cn1cc(-c2ccccc2)nn1. The summed E-state index contributed by atoms with van der Waals surface area (Å²) >= 11 is 0. The molecule has 0 saturated carbocycles. The van der Waals surface area contributed by atoms with E-state index in [1.807, 2.05) is 66.9 Å². The maximum absolute atomic E-state index is 10.7. The monoisotopic (exact) mass is 355 g/mol. The molecule has 4 nitrogen and oxygen atoms in total. The van der Waals surface area contributed by atoms with E-state index in [1.165, 1.54) is 0 Å². The molecule has 3 aromatic carbocycles. The van der Waals surface area contributed by atoms with Crippen molar-refractivity contribution in [1.29, 1.82) is 0 Å². The molecule has 0 spiro atoms. The van der Waals surface area contributed by atoms with E-state index in [0.29, 0.717) is 13.0 Å². The second kappa shape index (κ2) is 7.56. The van der Waals surface area contributed by atoms with Gasteiger partial charge in [0.15, 0.2) is 0 Å². The predicted octanol–water partition coefficient (Wildman–Crippen LogP) is 4.78. The molecule has 134 valence electrons. The zero-order chi connectivity index (χ0) is 18.6.